The highest BCUT2D eigenvalue weighted by Crippen LogP contribution is 2.16. The van der Waals surface area contributed by atoms with E-state index in [0.717, 1.165) is 68.6 Å². The molecule has 7 nitrogen and oxygen atoms in total. The number of piperidine rings is 1. The summed E-state index contributed by atoms with van der Waals surface area (Å²) in [4.78, 5) is 24.6. The van der Waals surface area contributed by atoms with Crippen molar-refractivity contribution in [3.63, 3.8) is 0 Å². The molecule has 140 valence electrons. The zero-order chi connectivity index (χ0) is 18.2. The second kappa shape index (κ2) is 9.72. The average molecular weight is 367 g/mol. The average Bonchev–Trinajstić information content (AvgIpc) is 3.00. The van der Waals surface area contributed by atoms with Crippen LogP contribution in [0.15, 0.2) is 10.4 Å². The number of aromatic nitrogens is 1. The van der Waals surface area contributed by atoms with Gasteiger partial charge in [0.15, 0.2) is 5.96 Å². The minimum Gasteiger partial charge on any atom is -0.369 e. The van der Waals surface area contributed by atoms with Crippen molar-refractivity contribution in [2.45, 2.75) is 32.7 Å². The molecule has 3 N–H and O–H groups in total. The molecule has 1 aliphatic rings. The van der Waals surface area contributed by atoms with Gasteiger partial charge < -0.3 is 20.9 Å². The molecule has 2 heterocycles. The first-order chi connectivity index (χ1) is 12.0. The third kappa shape index (κ3) is 6.28. The summed E-state index contributed by atoms with van der Waals surface area (Å²) in [6.45, 7) is 6.45. The lowest BCUT2D eigenvalue weighted by molar-refractivity contribution is -0.123. The van der Waals surface area contributed by atoms with Gasteiger partial charge in [0.1, 0.15) is 0 Å². The van der Waals surface area contributed by atoms with Crippen LogP contribution in [0.4, 0.5) is 0 Å². The van der Waals surface area contributed by atoms with Crippen LogP contribution in [0.1, 0.15) is 30.0 Å². The Morgan fingerprint density at radius 1 is 1.60 bits per heavy atom. The van der Waals surface area contributed by atoms with Crippen LogP contribution in [0.25, 0.3) is 0 Å². The van der Waals surface area contributed by atoms with Crippen molar-refractivity contribution in [1.82, 2.24) is 20.1 Å². The Bertz CT molecular complexity index is 587. The van der Waals surface area contributed by atoms with E-state index < -0.39 is 0 Å². The number of guanidine groups is 1. The highest BCUT2D eigenvalue weighted by Gasteiger charge is 2.23. The number of carbonyl (C=O) groups is 1. The highest BCUT2D eigenvalue weighted by molar-refractivity contribution is 7.09. The molecule has 0 bridgehead atoms. The Balaban J connectivity index is 1.69. The number of hydrogen-bond donors (Lipinski definition) is 2. The maximum Gasteiger partial charge on any atom is 0.221 e. The van der Waals surface area contributed by atoms with Crippen LogP contribution < -0.4 is 11.1 Å². The molecule has 0 spiro atoms. The molecular weight excluding hydrogens is 336 g/mol. The quantitative estimate of drug-likeness (QED) is 0.428. The van der Waals surface area contributed by atoms with Gasteiger partial charge in [-0.2, -0.15) is 0 Å². The molecule has 1 aliphatic heterocycles. The summed E-state index contributed by atoms with van der Waals surface area (Å²) in [6.07, 6.45) is 2.99. The number of nitrogens with one attached hydrogen (secondary N) is 1. The molecule has 0 saturated carbocycles. The van der Waals surface area contributed by atoms with Gasteiger partial charge in [0, 0.05) is 32.6 Å². The number of nitrogens with zero attached hydrogens (tertiary/aromatic N) is 4. The van der Waals surface area contributed by atoms with Crippen LogP contribution in [0.3, 0.4) is 0 Å². The molecule has 1 aromatic heterocycles. The number of carbonyl (C=O) groups excluding carboxylic acids is 1. The smallest absolute Gasteiger partial charge is 0.221 e. The molecule has 1 fully saturated rings. The molecule has 1 atom stereocenters. The second-order valence-corrected chi connectivity index (χ2v) is 7.65. The third-order valence-electron chi connectivity index (χ3n) is 4.48. The van der Waals surface area contributed by atoms with E-state index in [-0.39, 0.29) is 11.8 Å². The van der Waals surface area contributed by atoms with Crippen molar-refractivity contribution in [2.24, 2.45) is 16.6 Å². The number of thiazole rings is 1. The first kappa shape index (κ1) is 19.7. The van der Waals surface area contributed by atoms with Gasteiger partial charge in [-0.1, -0.05) is 0 Å². The van der Waals surface area contributed by atoms with Crippen LogP contribution in [-0.2, 0) is 11.3 Å². The van der Waals surface area contributed by atoms with E-state index in [9.17, 15) is 4.79 Å². The Hall–Kier alpha value is -1.67. The van der Waals surface area contributed by atoms with E-state index in [2.05, 4.69) is 30.5 Å². The maximum atomic E-state index is 11.3. The number of rotatable bonds is 7. The molecule has 0 radical (unpaired) electrons. The number of likely N-dealkylation sites (tertiary alicyclic amines) is 1. The summed E-state index contributed by atoms with van der Waals surface area (Å²) in [5, 5.41) is 6.58. The molecule has 1 unspecified atom stereocenters. The number of aryl methyl sites for hydroxylation is 1. The number of nitrogens with two attached hydrogens (primary N) is 1. The zero-order valence-corrected chi connectivity index (χ0v) is 16.3. The van der Waals surface area contributed by atoms with Crippen molar-refractivity contribution in [3.05, 3.63) is 16.1 Å². The molecular formula is C17H30N6OS. The number of hydrogen-bond acceptors (Lipinski definition) is 5. The third-order valence-corrected chi connectivity index (χ3v) is 5.30. The summed E-state index contributed by atoms with van der Waals surface area (Å²) in [5.41, 5.74) is 6.50. The minimum absolute atomic E-state index is 0.0159. The summed E-state index contributed by atoms with van der Waals surface area (Å²) in [6, 6.07) is 0. The molecule has 1 saturated heterocycles. The Kier molecular flexibility index (Phi) is 7.64. The van der Waals surface area contributed by atoms with E-state index in [1.807, 2.05) is 14.0 Å². The van der Waals surface area contributed by atoms with Gasteiger partial charge in [0.05, 0.1) is 23.2 Å². The van der Waals surface area contributed by atoms with Crippen LogP contribution in [-0.4, -0.2) is 66.9 Å². The largest absolute Gasteiger partial charge is 0.369 e. The van der Waals surface area contributed by atoms with Gasteiger partial charge in [-0.05, 0) is 39.3 Å². The fourth-order valence-corrected chi connectivity index (χ4v) is 3.78. The lowest BCUT2D eigenvalue weighted by Gasteiger charge is -2.31. The van der Waals surface area contributed by atoms with Crippen molar-refractivity contribution in [1.29, 1.82) is 0 Å². The second-order valence-electron chi connectivity index (χ2n) is 6.58. The summed E-state index contributed by atoms with van der Waals surface area (Å²) in [7, 11) is 3.82. The molecule has 1 amide bonds. The van der Waals surface area contributed by atoms with Gasteiger partial charge in [0.2, 0.25) is 5.91 Å². The Labute approximate surface area is 154 Å². The van der Waals surface area contributed by atoms with Crippen LogP contribution in [0, 0.1) is 12.8 Å². The Morgan fingerprint density at radius 3 is 3.04 bits per heavy atom. The predicted molar refractivity (Wildman–Crippen MR) is 103 cm³/mol. The number of aliphatic imine (C=N–C) groups is 1. The van der Waals surface area contributed by atoms with Gasteiger partial charge in [-0.3, -0.25) is 9.79 Å². The monoisotopic (exact) mass is 366 g/mol. The first-order valence-electron chi connectivity index (χ1n) is 8.84. The van der Waals surface area contributed by atoms with E-state index in [4.69, 9.17) is 5.73 Å². The van der Waals surface area contributed by atoms with Crippen molar-refractivity contribution >= 4 is 23.2 Å². The number of amides is 1. The molecule has 25 heavy (non-hydrogen) atoms. The van der Waals surface area contributed by atoms with Crippen molar-refractivity contribution < 1.29 is 4.79 Å². The molecule has 0 aromatic carbocycles. The maximum absolute atomic E-state index is 11.3. The minimum atomic E-state index is -0.165. The molecule has 1 aromatic rings. The predicted octanol–water partition coefficient (Wildman–Crippen LogP) is 1.05. The fraction of sp³-hybridized carbons (Fsp3) is 0.706. The molecule has 8 heteroatoms. The van der Waals surface area contributed by atoms with Gasteiger partial charge in [0.25, 0.3) is 0 Å². The molecule has 2 rings (SSSR count). The standard InChI is InChI=1S/C17H30N6OS/c1-13-21-15(12-25-13)11-22(3)17(19-2)20-7-5-9-23-8-4-6-14(10-23)16(18)24/h12,14H,4-11H2,1-3H3,(H2,18,24)(H,19,20). The van der Waals surface area contributed by atoms with E-state index >= 15 is 0 Å². The first-order valence-corrected chi connectivity index (χ1v) is 9.72. The number of primary amides is 1. The van der Waals surface area contributed by atoms with E-state index in [1.165, 1.54) is 0 Å². The van der Waals surface area contributed by atoms with Gasteiger partial charge in [-0.25, -0.2) is 4.98 Å². The van der Waals surface area contributed by atoms with E-state index in [1.54, 1.807) is 18.4 Å². The van der Waals surface area contributed by atoms with Crippen LogP contribution >= 0.6 is 11.3 Å². The fourth-order valence-electron chi connectivity index (χ4n) is 3.18. The molecule has 0 aliphatic carbocycles. The van der Waals surface area contributed by atoms with E-state index in [0.29, 0.717) is 0 Å². The van der Waals surface area contributed by atoms with Crippen molar-refractivity contribution in [3.8, 4) is 0 Å². The highest BCUT2D eigenvalue weighted by atomic mass is 32.1. The van der Waals surface area contributed by atoms with Gasteiger partial charge in [-0.15, -0.1) is 11.3 Å². The zero-order valence-electron chi connectivity index (χ0n) is 15.5. The van der Waals surface area contributed by atoms with Crippen molar-refractivity contribution in [2.75, 3.05) is 40.3 Å². The van der Waals surface area contributed by atoms with Crippen LogP contribution in [0.5, 0.6) is 0 Å². The lowest BCUT2D eigenvalue weighted by atomic mass is 9.97. The van der Waals surface area contributed by atoms with Gasteiger partial charge >= 0.3 is 0 Å². The lowest BCUT2D eigenvalue weighted by Crippen LogP contribution is -2.43. The summed E-state index contributed by atoms with van der Waals surface area (Å²) < 4.78 is 0. The Morgan fingerprint density at radius 2 is 2.40 bits per heavy atom. The topological polar surface area (TPSA) is 86.8 Å². The summed E-state index contributed by atoms with van der Waals surface area (Å²) in [5.74, 6) is 0.726. The normalized spacial score (nSPS) is 19.0. The summed E-state index contributed by atoms with van der Waals surface area (Å²) >= 11 is 1.67. The SMILES string of the molecule is CN=C(NCCCN1CCCC(C(N)=O)C1)N(C)Cc1csc(C)n1. The van der Waals surface area contributed by atoms with Crippen LogP contribution in [0.2, 0.25) is 0 Å².